The average Bonchev–Trinajstić information content (AvgIpc) is 0.777. The second-order valence-corrected chi connectivity index (χ2v) is 28.5. The van der Waals surface area contributed by atoms with Crippen molar-refractivity contribution in [1.82, 2.24) is 16.0 Å². The number of amides is 3. The maximum absolute atomic E-state index is 13.1. The van der Waals surface area contributed by atoms with Crippen LogP contribution in [0.25, 0.3) is 0 Å². The molecular formula is C62H104N4O48. The van der Waals surface area contributed by atoms with Crippen LogP contribution in [-0.4, -0.2) is 503 Å². The molecule has 0 saturated carbocycles. The van der Waals surface area contributed by atoms with E-state index >= 15 is 0 Å². The van der Waals surface area contributed by atoms with Gasteiger partial charge in [0.1, 0.15) is 226 Å². The molecule has 0 aromatic carbocycles. The van der Waals surface area contributed by atoms with Gasteiger partial charge >= 0.3 is 5.97 Å². The third-order valence-electron chi connectivity index (χ3n) is 20.6. The van der Waals surface area contributed by atoms with Crippen LogP contribution in [0.5, 0.6) is 0 Å². The quantitative estimate of drug-likeness (QED) is 0.0297. The fourth-order valence-electron chi connectivity index (χ4n) is 14.3. The zero-order valence-corrected chi connectivity index (χ0v) is 60.4. The highest BCUT2D eigenvalue weighted by Crippen LogP contribution is 2.40. The minimum Gasteiger partial charge on any atom is -0.480 e. The van der Waals surface area contributed by atoms with E-state index in [1.807, 2.05) is 0 Å². The third kappa shape index (κ3) is 20.8. The van der Waals surface area contributed by atoms with Gasteiger partial charge in [0, 0.05) is 13.8 Å². The molecule has 9 saturated heterocycles. The van der Waals surface area contributed by atoms with Gasteiger partial charge in [-0.2, -0.15) is 0 Å². The minimum atomic E-state index is -2.59. The number of rotatable bonds is 32. The van der Waals surface area contributed by atoms with E-state index in [0.29, 0.717) is 0 Å². The van der Waals surface area contributed by atoms with Gasteiger partial charge in [0.15, 0.2) is 50.3 Å². The molecule has 0 bridgehead atoms. The smallest absolute Gasteiger partial charge is 0.321 e. The molecule has 9 rings (SSSR count). The third-order valence-corrected chi connectivity index (χ3v) is 20.6. The van der Waals surface area contributed by atoms with Crippen molar-refractivity contribution in [3.8, 4) is 0 Å². The van der Waals surface area contributed by atoms with Crippen molar-refractivity contribution in [2.45, 2.75) is 302 Å². The van der Waals surface area contributed by atoms with Crippen molar-refractivity contribution >= 4 is 23.7 Å². The molecule has 9 heterocycles. The topological polar surface area (TPSA) is 834 Å². The van der Waals surface area contributed by atoms with Crippen molar-refractivity contribution in [2.75, 3.05) is 59.5 Å². The SMILES string of the molecule is CC(=O)N[C@@H]1[C@@H](O)[C@H](O[C@@H]2O[C@H](CO)[C@@H](O[C@@H]3O[C@H](CO[C@H]4O[C@H](CO[C@H]5O[C@H](CO)[C@@H](O)[C@H](O)[C@@H]5O[C@H]5O[C@H](CO)[C@@H](O)[C@H](O)[C@@H]5O)[C@@H](O)[C@H](O[C@H]5O[C@H](CO)[C@@H](O)[C@H](O)[C@@H]5O)[C@@H]4O)[C@@H](O)[C@H](O[C@H]4O[C@H](CO)[C@@H](O)[C@H](O)[C@@H]4O[C@H]4O[C@H](CO)[C@@H](O)[C@H](O)[C@@H]4O)[C@@H]3O)[C@H](O)[C@H]2NC(C)=O)[C@@H](CO)O[C@H]1N[C@@H](CC(N)=O)C(=O)O. The Morgan fingerprint density at radius 3 is 1.02 bits per heavy atom. The number of hydrogen-bond donors (Lipinski definition) is 31. The van der Waals surface area contributed by atoms with E-state index in [1.54, 1.807) is 0 Å². The van der Waals surface area contributed by atoms with Crippen LogP contribution in [0.1, 0.15) is 20.3 Å². The molecule has 0 spiro atoms. The first-order valence-corrected chi connectivity index (χ1v) is 35.9. The van der Waals surface area contributed by atoms with E-state index in [0.717, 1.165) is 13.8 Å². The zero-order chi connectivity index (χ0) is 84.1. The van der Waals surface area contributed by atoms with Gasteiger partial charge in [-0.3, -0.25) is 24.5 Å². The van der Waals surface area contributed by atoms with E-state index < -0.39 is 372 Å². The molecule has 660 valence electrons. The van der Waals surface area contributed by atoms with Crippen molar-refractivity contribution < 1.29 is 238 Å². The van der Waals surface area contributed by atoms with Crippen LogP contribution in [0.2, 0.25) is 0 Å². The standard InChI is InChI=1S/C62H104N4O48/c1-13(74)64-26-35(84)47(21(9-72)100-53(26)66-15(54(96)97)3-25(63)76)109-55-27(65-14(2)75)36(85)48(22(10-73)106-55)110-60-46(95)50(112-62-52(41(90)32(81)20(8-71)105-62)114-59-44(93)39(88)30(79)18(6-69)103-59)34(83)24(108-60)11-98-56-45(94)49(111-57-42(91)37(86)28(77)16(4-67)101-57)33(82)23(107-56)12-99-61-51(40(89)31(80)19(7-70)104-61)113-58-43(92)38(87)29(78)17(5-68)102-58/h15-24,26-53,55-62,66-73,77-95H,3-12H2,1-2H3,(H2,63,76)(H,64,74)(H,65,75)(H,96,97)/t15-,16+,17+,18+,19+,20+,21+,22+,23+,24+,26+,27+,28+,29+,30+,31+,32+,33+,34+,35+,36+,37-,38-,39-,40-,41-,42-,43-,44-,45-,46-,47+,48+,49-,50-,51-,52-,53+,55-,56-,57+,58+,59+,60-,61-,62+/m0/s1. The van der Waals surface area contributed by atoms with Crippen LogP contribution in [0.3, 0.4) is 0 Å². The van der Waals surface area contributed by atoms with Gasteiger partial charge in [-0.05, 0) is 0 Å². The number of aliphatic hydroxyl groups is 26. The summed E-state index contributed by atoms with van der Waals surface area (Å²) in [6.07, 6.45) is -92.7. The van der Waals surface area contributed by atoms with Crippen LogP contribution in [-0.2, 0) is 99.7 Å². The summed E-state index contributed by atoms with van der Waals surface area (Å²) in [7, 11) is 0. The van der Waals surface area contributed by atoms with Crippen molar-refractivity contribution in [3.63, 3.8) is 0 Å². The van der Waals surface area contributed by atoms with E-state index in [-0.39, 0.29) is 0 Å². The van der Waals surface area contributed by atoms with Crippen LogP contribution < -0.4 is 21.7 Å². The highest BCUT2D eigenvalue weighted by Gasteiger charge is 2.61. The molecule has 9 fully saturated rings. The number of carbonyl (C=O) groups excluding carboxylic acids is 3. The Hall–Kier alpha value is -3.88. The lowest BCUT2D eigenvalue weighted by Gasteiger charge is -2.51. The van der Waals surface area contributed by atoms with Crippen molar-refractivity contribution in [2.24, 2.45) is 5.73 Å². The summed E-state index contributed by atoms with van der Waals surface area (Å²) >= 11 is 0. The fraction of sp³-hybridized carbons (Fsp3) is 0.935. The molecular weight excluding hydrogens is 1570 g/mol. The number of carbonyl (C=O) groups is 4. The highest BCUT2D eigenvalue weighted by molar-refractivity contribution is 5.83. The molecule has 114 heavy (non-hydrogen) atoms. The number of ether oxygens (including phenoxy) is 17. The molecule has 52 heteroatoms. The normalized spacial score (nSPS) is 48.6. The molecule has 0 aliphatic carbocycles. The summed E-state index contributed by atoms with van der Waals surface area (Å²) in [5.74, 6) is -4.65. The zero-order valence-electron chi connectivity index (χ0n) is 60.4. The maximum Gasteiger partial charge on any atom is 0.321 e. The largest absolute Gasteiger partial charge is 0.480 e. The molecule has 32 N–H and O–H groups in total. The fourth-order valence-corrected chi connectivity index (χ4v) is 14.3. The van der Waals surface area contributed by atoms with Crippen LogP contribution in [0, 0.1) is 0 Å². The van der Waals surface area contributed by atoms with Crippen LogP contribution in [0.15, 0.2) is 0 Å². The average molecular weight is 1670 g/mol. The van der Waals surface area contributed by atoms with Gasteiger partial charge in [0.2, 0.25) is 17.7 Å². The van der Waals surface area contributed by atoms with Crippen molar-refractivity contribution in [1.29, 1.82) is 0 Å². The molecule has 0 radical (unpaired) electrons. The Bertz CT molecular complexity index is 3020. The van der Waals surface area contributed by atoms with Gasteiger partial charge in [-0.1, -0.05) is 0 Å². The summed E-state index contributed by atoms with van der Waals surface area (Å²) in [6.45, 7) is -8.19. The number of nitrogens with one attached hydrogen (secondary N) is 3. The molecule has 0 unspecified atom stereocenters. The molecule has 9 aliphatic rings. The summed E-state index contributed by atoms with van der Waals surface area (Å²) in [4.78, 5) is 49.7. The first-order valence-electron chi connectivity index (χ1n) is 35.9. The van der Waals surface area contributed by atoms with Crippen molar-refractivity contribution in [3.05, 3.63) is 0 Å². The number of carboxylic acid groups (broad SMARTS) is 1. The molecule has 0 aromatic heterocycles. The van der Waals surface area contributed by atoms with E-state index in [4.69, 9.17) is 86.3 Å². The Morgan fingerprint density at radius 2 is 0.605 bits per heavy atom. The highest BCUT2D eigenvalue weighted by atomic mass is 16.8. The first-order chi connectivity index (χ1) is 53.9. The van der Waals surface area contributed by atoms with Crippen LogP contribution in [0.4, 0.5) is 0 Å². The lowest BCUT2D eigenvalue weighted by atomic mass is 9.93. The molecule has 9 aliphatic heterocycles. The van der Waals surface area contributed by atoms with E-state index in [9.17, 15) is 157 Å². The number of primary amides is 1. The van der Waals surface area contributed by atoms with Gasteiger partial charge in [-0.25, -0.2) is 0 Å². The first kappa shape index (κ1) is 94.0. The second-order valence-electron chi connectivity index (χ2n) is 28.5. The number of hydrogen-bond acceptors (Lipinski definition) is 48. The predicted molar refractivity (Wildman–Crippen MR) is 346 cm³/mol. The minimum absolute atomic E-state index is 0.861. The number of nitrogens with two attached hydrogens (primary N) is 1. The van der Waals surface area contributed by atoms with Gasteiger partial charge < -0.3 is 235 Å². The van der Waals surface area contributed by atoms with E-state index in [1.165, 1.54) is 0 Å². The van der Waals surface area contributed by atoms with Gasteiger partial charge in [0.05, 0.1) is 71.9 Å². The summed E-state index contributed by atoms with van der Waals surface area (Å²) < 4.78 is 99.6. The Kier molecular flexibility index (Phi) is 33.9. The van der Waals surface area contributed by atoms with E-state index in [2.05, 4.69) is 16.0 Å². The predicted octanol–water partition coefficient (Wildman–Crippen LogP) is -21.4. The number of aliphatic carboxylic acids is 1. The van der Waals surface area contributed by atoms with Gasteiger partial charge in [-0.15, -0.1) is 0 Å². The summed E-state index contributed by atoms with van der Waals surface area (Å²) in [5, 5.41) is 305. The summed E-state index contributed by atoms with van der Waals surface area (Å²) in [6, 6.07) is -5.58. The Balaban J connectivity index is 1.05. The monoisotopic (exact) mass is 1670 g/mol. The second kappa shape index (κ2) is 41.1. The molecule has 3 amide bonds. The Labute approximate surface area is 643 Å². The number of carboxylic acids is 1. The van der Waals surface area contributed by atoms with Crippen LogP contribution >= 0.6 is 0 Å². The lowest BCUT2D eigenvalue weighted by molar-refractivity contribution is -0.399. The number of aliphatic hydroxyl groups excluding tert-OH is 26. The lowest BCUT2D eigenvalue weighted by Crippen LogP contribution is -2.72. The molecule has 46 atom stereocenters. The molecule has 0 aromatic rings. The molecule has 52 nitrogen and oxygen atoms in total. The summed E-state index contributed by atoms with van der Waals surface area (Å²) in [5.41, 5.74) is 5.25. The van der Waals surface area contributed by atoms with Gasteiger partial charge in [0.25, 0.3) is 0 Å². The maximum atomic E-state index is 13.1. The Morgan fingerprint density at radius 1 is 0.307 bits per heavy atom.